The number of rotatable bonds is 3. The van der Waals surface area contributed by atoms with Crippen LogP contribution in [0.1, 0.15) is 5.56 Å². The van der Waals surface area contributed by atoms with E-state index < -0.39 is 7.92 Å². The van der Waals surface area contributed by atoms with Crippen molar-refractivity contribution in [3.8, 4) is 6.07 Å². The van der Waals surface area contributed by atoms with Gasteiger partial charge in [0, 0.05) is 0 Å². The summed E-state index contributed by atoms with van der Waals surface area (Å²) < 4.78 is 0. The molecule has 0 amide bonds. The summed E-state index contributed by atoms with van der Waals surface area (Å²) >= 11 is 0. The lowest BCUT2D eigenvalue weighted by Crippen LogP contribution is -2.20. The van der Waals surface area contributed by atoms with Gasteiger partial charge in [0.25, 0.3) is 0 Å². The zero-order chi connectivity index (χ0) is 14.5. The van der Waals surface area contributed by atoms with Gasteiger partial charge in [-0.05, 0) is 36.0 Å². The van der Waals surface area contributed by atoms with Crippen LogP contribution in [0.15, 0.2) is 84.9 Å². The van der Waals surface area contributed by atoms with Crippen LogP contribution >= 0.6 is 7.92 Å². The largest absolute Gasteiger partial charge is 0.192 e. The topological polar surface area (TPSA) is 23.8 Å². The minimum atomic E-state index is -0.573. The first kappa shape index (κ1) is 13.6. The molecule has 21 heavy (non-hydrogen) atoms. The second-order valence-electron chi connectivity index (χ2n) is 4.67. The molecule has 3 aromatic carbocycles. The molecule has 100 valence electrons. The normalized spacial score (nSPS) is 10.3. The van der Waals surface area contributed by atoms with E-state index in [1.165, 1.54) is 15.9 Å². The Morgan fingerprint density at radius 3 is 1.43 bits per heavy atom. The fourth-order valence-corrected chi connectivity index (χ4v) is 4.57. The molecule has 0 heterocycles. The smallest absolute Gasteiger partial charge is 0.0991 e. The van der Waals surface area contributed by atoms with Crippen molar-refractivity contribution in [3.63, 3.8) is 0 Å². The van der Waals surface area contributed by atoms with Gasteiger partial charge in [0.05, 0.1) is 11.6 Å². The molecule has 0 N–H and O–H groups in total. The van der Waals surface area contributed by atoms with Crippen LogP contribution in [0.25, 0.3) is 0 Å². The summed E-state index contributed by atoms with van der Waals surface area (Å²) in [5.41, 5.74) is 0.704. The molecule has 0 spiro atoms. The quantitative estimate of drug-likeness (QED) is 0.678. The molecule has 0 aliphatic heterocycles. The van der Waals surface area contributed by atoms with Crippen LogP contribution in [-0.2, 0) is 0 Å². The molecule has 3 aromatic rings. The predicted molar refractivity (Wildman–Crippen MR) is 89.9 cm³/mol. The molecule has 0 fully saturated rings. The van der Waals surface area contributed by atoms with E-state index in [1.807, 2.05) is 24.3 Å². The maximum atomic E-state index is 8.96. The van der Waals surface area contributed by atoms with Gasteiger partial charge in [-0.1, -0.05) is 72.8 Å². The van der Waals surface area contributed by atoms with Crippen LogP contribution < -0.4 is 15.9 Å². The Labute approximate surface area is 126 Å². The van der Waals surface area contributed by atoms with Crippen LogP contribution in [-0.4, -0.2) is 0 Å². The van der Waals surface area contributed by atoms with E-state index in [4.69, 9.17) is 5.26 Å². The molecule has 0 unspecified atom stereocenters. The first-order chi connectivity index (χ1) is 10.4. The third kappa shape index (κ3) is 3.02. The van der Waals surface area contributed by atoms with Gasteiger partial charge in [-0.25, -0.2) is 0 Å². The SMILES string of the molecule is N#Cc1ccc(P(c2ccccc2)c2ccccc2)cc1. The molecule has 1 nitrogen and oxygen atoms in total. The molecule has 0 radical (unpaired) electrons. The molecule has 0 aliphatic carbocycles. The minimum absolute atomic E-state index is 0.573. The lowest BCUT2D eigenvalue weighted by Gasteiger charge is -2.19. The van der Waals surface area contributed by atoms with E-state index in [1.54, 1.807) is 0 Å². The molecular formula is C19H14NP. The summed E-state index contributed by atoms with van der Waals surface area (Å²) in [5.74, 6) is 0. The molecule has 0 saturated carbocycles. The van der Waals surface area contributed by atoms with Gasteiger partial charge in [-0.2, -0.15) is 5.26 Å². The van der Waals surface area contributed by atoms with Gasteiger partial charge in [0.1, 0.15) is 0 Å². The Bertz CT molecular complexity index is 704. The first-order valence-corrected chi connectivity index (χ1v) is 8.13. The molecule has 0 atom stereocenters. The molecule has 0 aromatic heterocycles. The Balaban J connectivity index is 2.10. The van der Waals surface area contributed by atoms with Gasteiger partial charge in [0.15, 0.2) is 0 Å². The van der Waals surface area contributed by atoms with E-state index in [0.29, 0.717) is 5.56 Å². The summed E-state index contributed by atoms with van der Waals surface area (Å²) in [6.07, 6.45) is 0. The van der Waals surface area contributed by atoms with Crippen LogP contribution in [0, 0.1) is 11.3 Å². The fraction of sp³-hybridized carbons (Fsp3) is 0. The Hall–Kier alpha value is -2.42. The predicted octanol–water partition coefficient (Wildman–Crippen LogP) is 3.32. The lowest BCUT2D eigenvalue weighted by molar-refractivity contribution is 1.49. The highest BCUT2D eigenvalue weighted by atomic mass is 31.1. The van der Waals surface area contributed by atoms with Gasteiger partial charge in [-0.3, -0.25) is 0 Å². The van der Waals surface area contributed by atoms with E-state index in [-0.39, 0.29) is 0 Å². The van der Waals surface area contributed by atoms with Gasteiger partial charge in [0.2, 0.25) is 0 Å². The Morgan fingerprint density at radius 2 is 1.00 bits per heavy atom. The van der Waals surface area contributed by atoms with Crippen molar-refractivity contribution in [2.75, 3.05) is 0 Å². The standard InChI is InChI=1S/C19H14NP/c20-15-16-11-13-19(14-12-16)21(17-7-3-1-4-8-17)18-9-5-2-6-10-18/h1-14H. The number of hydrogen-bond acceptors (Lipinski definition) is 1. The molecule has 0 saturated heterocycles. The minimum Gasteiger partial charge on any atom is -0.192 e. The molecule has 0 aliphatic rings. The number of hydrogen-bond donors (Lipinski definition) is 0. The van der Waals surface area contributed by atoms with Crippen molar-refractivity contribution in [1.82, 2.24) is 0 Å². The van der Waals surface area contributed by atoms with Crippen molar-refractivity contribution in [2.24, 2.45) is 0 Å². The molecular weight excluding hydrogens is 273 g/mol. The fourth-order valence-electron chi connectivity index (χ4n) is 2.29. The third-order valence-electron chi connectivity index (χ3n) is 3.28. The van der Waals surface area contributed by atoms with E-state index >= 15 is 0 Å². The second-order valence-corrected chi connectivity index (χ2v) is 6.89. The summed E-state index contributed by atoms with van der Waals surface area (Å²) in [4.78, 5) is 0. The van der Waals surface area contributed by atoms with Gasteiger partial charge < -0.3 is 0 Å². The highest BCUT2D eigenvalue weighted by Crippen LogP contribution is 2.32. The average Bonchev–Trinajstić information content (AvgIpc) is 2.58. The van der Waals surface area contributed by atoms with Crippen LogP contribution in [0.3, 0.4) is 0 Å². The number of nitrogens with zero attached hydrogens (tertiary/aromatic N) is 1. The van der Waals surface area contributed by atoms with E-state index in [9.17, 15) is 0 Å². The first-order valence-electron chi connectivity index (χ1n) is 6.79. The van der Waals surface area contributed by atoms with Crippen molar-refractivity contribution >= 4 is 23.8 Å². The summed E-state index contributed by atoms with van der Waals surface area (Å²) in [5, 5.41) is 12.9. The third-order valence-corrected chi connectivity index (χ3v) is 5.73. The Kier molecular flexibility index (Phi) is 4.10. The van der Waals surface area contributed by atoms with Crippen molar-refractivity contribution < 1.29 is 0 Å². The maximum Gasteiger partial charge on any atom is 0.0991 e. The monoisotopic (exact) mass is 287 g/mol. The summed E-state index contributed by atoms with van der Waals surface area (Å²) in [7, 11) is -0.573. The maximum absolute atomic E-state index is 8.96. The van der Waals surface area contributed by atoms with Crippen molar-refractivity contribution in [2.45, 2.75) is 0 Å². The second kappa shape index (κ2) is 6.35. The van der Waals surface area contributed by atoms with E-state index in [2.05, 4.69) is 66.7 Å². The van der Waals surface area contributed by atoms with Crippen LogP contribution in [0.2, 0.25) is 0 Å². The molecule has 0 bridgehead atoms. The zero-order valence-electron chi connectivity index (χ0n) is 11.5. The zero-order valence-corrected chi connectivity index (χ0v) is 12.4. The molecule has 3 rings (SSSR count). The number of benzene rings is 3. The highest BCUT2D eigenvalue weighted by Gasteiger charge is 2.15. The van der Waals surface area contributed by atoms with Crippen LogP contribution in [0.4, 0.5) is 0 Å². The highest BCUT2D eigenvalue weighted by molar-refractivity contribution is 7.79. The van der Waals surface area contributed by atoms with Gasteiger partial charge in [-0.15, -0.1) is 0 Å². The van der Waals surface area contributed by atoms with Gasteiger partial charge >= 0.3 is 0 Å². The van der Waals surface area contributed by atoms with E-state index in [0.717, 1.165) is 0 Å². The number of nitriles is 1. The Morgan fingerprint density at radius 1 is 0.571 bits per heavy atom. The summed E-state index contributed by atoms with van der Waals surface area (Å²) in [6.45, 7) is 0. The lowest BCUT2D eigenvalue weighted by atomic mass is 10.2. The average molecular weight is 287 g/mol. The van der Waals surface area contributed by atoms with Crippen molar-refractivity contribution in [3.05, 3.63) is 90.5 Å². The van der Waals surface area contributed by atoms with Crippen molar-refractivity contribution in [1.29, 1.82) is 5.26 Å². The summed E-state index contributed by atoms with van der Waals surface area (Å²) in [6, 6.07) is 31.2. The molecule has 2 heteroatoms. The van der Waals surface area contributed by atoms with Crippen LogP contribution in [0.5, 0.6) is 0 Å².